The summed E-state index contributed by atoms with van der Waals surface area (Å²) in [6, 6.07) is 0. The number of unbranched alkanes of at least 4 members (excludes halogenated alkanes) is 19. The zero-order valence-corrected chi connectivity index (χ0v) is 27.6. The first kappa shape index (κ1) is 37.9. The van der Waals surface area contributed by atoms with Crippen LogP contribution < -0.4 is 0 Å². The van der Waals surface area contributed by atoms with E-state index in [1.54, 1.807) is 0 Å². The smallest absolute Gasteiger partial charge is 0.0109 e. The third-order valence-corrected chi connectivity index (χ3v) is 8.30. The minimum absolute atomic E-state index is 1.24. The highest BCUT2D eigenvalue weighted by molar-refractivity contribution is 4.66. The van der Waals surface area contributed by atoms with Crippen molar-refractivity contribution < 1.29 is 0 Å². The van der Waals surface area contributed by atoms with Gasteiger partial charge in [-0.15, -0.1) is 0 Å². The quantitative estimate of drug-likeness (QED) is 0.0790. The minimum Gasteiger partial charge on any atom is -0.309 e. The number of hydrogen-bond acceptors (Lipinski definition) is 3. The number of rotatable bonds is 32. The average molecular weight is 538 g/mol. The highest BCUT2D eigenvalue weighted by Gasteiger charge is 2.10. The molecule has 0 aromatic carbocycles. The van der Waals surface area contributed by atoms with Gasteiger partial charge in [0.25, 0.3) is 0 Å². The third kappa shape index (κ3) is 28.9. The Balaban J connectivity index is 4.55. The maximum Gasteiger partial charge on any atom is 0.0109 e. The normalized spacial score (nSPS) is 12.0. The summed E-state index contributed by atoms with van der Waals surface area (Å²) in [5, 5.41) is 0. The van der Waals surface area contributed by atoms with E-state index in [0.717, 1.165) is 0 Å². The Labute approximate surface area is 242 Å². The molecule has 0 fully saturated rings. The van der Waals surface area contributed by atoms with E-state index in [1.807, 2.05) is 0 Å². The summed E-state index contributed by atoms with van der Waals surface area (Å²) in [5.74, 6) is 0. The molecule has 0 aliphatic carbocycles. The van der Waals surface area contributed by atoms with Crippen molar-refractivity contribution in [1.82, 2.24) is 14.7 Å². The maximum atomic E-state index is 2.84. The van der Waals surface area contributed by atoms with E-state index in [-0.39, 0.29) is 0 Å². The van der Waals surface area contributed by atoms with Gasteiger partial charge in [0.2, 0.25) is 0 Å². The van der Waals surface area contributed by atoms with Gasteiger partial charge in [-0.25, -0.2) is 0 Å². The molecule has 0 amide bonds. The number of hydrogen-bond donors (Lipinski definition) is 0. The molecule has 0 radical (unpaired) electrons. The van der Waals surface area contributed by atoms with E-state index in [9.17, 15) is 0 Å². The molecule has 0 N–H and O–H groups in total. The molecule has 0 aromatic heterocycles. The Kier molecular flexibility index (Phi) is 31.3. The molecule has 0 aliphatic rings. The van der Waals surface area contributed by atoms with Gasteiger partial charge in [-0.1, -0.05) is 136 Å². The van der Waals surface area contributed by atoms with Crippen molar-refractivity contribution >= 4 is 0 Å². The zero-order chi connectivity index (χ0) is 27.9. The summed E-state index contributed by atoms with van der Waals surface area (Å²) in [4.78, 5) is 8.01. The van der Waals surface area contributed by atoms with Gasteiger partial charge in [0.15, 0.2) is 0 Å². The third-order valence-electron chi connectivity index (χ3n) is 8.30. The van der Waals surface area contributed by atoms with Crippen LogP contribution in [0.1, 0.15) is 168 Å². The van der Waals surface area contributed by atoms with Gasteiger partial charge in [0, 0.05) is 13.1 Å². The molecule has 0 unspecified atom stereocenters. The van der Waals surface area contributed by atoms with E-state index in [2.05, 4.69) is 49.6 Å². The van der Waals surface area contributed by atoms with E-state index in [0.29, 0.717) is 0 Å². The molecule has 0 spiro atoms. The van der Waals surface area contributed by atoms with Crippen LogP contribution in [-0.4, -0.2) is 74.6 Å². The molecule has 0 rings (SSSR count). The van der Waals surface area contributed by atoms with Crippen LogP contribution in [0.15, 0.2) is 0 Å². The molecule has 230 valence electrons. The van der Waals surface area contributed by atoms with Gasteiger partial charge < -0.3 is 14.7 Å². The van der Waals surface area contributed by atoms with Crippen LogP contribution in [0.4, 0.5) is 0 Å². The second kappa shape index (κ2) is 31.4. The van der Waals surface area contributed by atoms with Gasteiger partial charge in [-0.05, 0) is 78.9 Å². The summed E-state index contributed by atoms with van der Waals surface area (Å²) < 4.78 is 0. The highest BCUT2D eigenvalue weighted by atomic mass is 15.2. The lowest BCUT2D eigenvalue weighted by Gasteiger charge is -2.28. The van der Waals surface area contributed by atoms with Crippen molar-refractivity contribution in [3.8, 4) is 0 Å². The second-order valence-electron chi connectivity index (χ2n) is 12.6. The Morgan fingerprint density at radius 1 is 0.263 bits per heavy atom. The fraction of sp³-hybridized carbons (Fsp3) is 1.00. The molecule has 0 atom stereocenters. The van der Waals surface area contributed by atoms with E-state index < -0.39 is 0 Å². The first-order chi connectivity index (χ1) is 18.6. The van der Waals surface area contributed by atoms with Crippen molar-refractivity contribution in [2.75, 3.05) is 59.9 Å². The van der Waals surface area contributed by atoms with E-state index in [4.69, 9.17) is 0 Å². The maximum absolute atomic E-state index is 2.84. The zero-order valence-electron chi connectivity index (χ0n) is 27.6. The average Bonchev–Trinajstić information content (AvgIpc) is 2.91. The van der Waals surface area contributed by atoms with Crippen molar-refractivity contribution in [3.63, 3.8) is 0 Å². The topological polar surface area (TPSA) is 9.72 Å². The highest BCUT2D eigenvalue weighted by Crippen LogP contribution is 2.12. The fourth-order valence-corrected chi connectivity index (χ4v) is 5.59. The first-order valence-corrected chi connectivity index (χ1v) is 17.7. The largest absolute Gasteiger partial charge is 0.309 e. The molecule has 0 bridgehead atoms. The van der Waals surface area contributed by atoms with Crippen LogP contribution in [0.2, 0.25) is 0 Å². The summed E-state index contributed by atoms with van der Waals surface area (Å²) in [6.07, 6.45) is 32.5. The van der Waals surface area contributed by atoms with Gasteiger partial charge in [0.1, 0.15) is 0 Å². The van der Waals surface area contributed by atoms with Crippen molar-refractivity contribution in [3.05, 3.63) is 0 Å². The van der Waals surface area contributed by atoms with Crippen molar-refractivity contribution in [2.45, 2.75) is 168 Å². The lowest BCUT2D eigenvalue weighted by atomic mass is 10.1. The Morgan fingerprint density at radius 3 is 0.789 bits per heavy atom. The van der Waals surface area contributed by atoms with E-state index in [1.165, 1.54) is 193 Å². The van der Waals surface area contributed by atoms with Gasteiger partial charge in [-0.3, -0.25) is 0 Å². The molecular formula is C35H75N3. The van der Waals surface area contributed by atoms with Crippen LogP contribution in [-0.2, 0) is 0 Å². The van der Waals surface area contributed by atoms with Crippen LogP contribution in [0.3, 0.4) is 0 Å². The molecule has 3 nitrogen and oxygen atoms in total. The van der Waals surface area contributed by atoms with Gasteiger partial charge >= 0.3 is 0 Å². The molecule has 3 heteroatoms. The molecule has 0 aliphatic heterocycles. The first-order valence-electron chi connectivity index (χ1n) is 17.7. The standard InChI is InChI=1S/C35H75N3/c1-6-9-12-15-18-21-26-31-37(30-25-20-17-14-11-8-3)34-35-38(33-28-23-24-29-36(4)5)32-27-22-19-16-13-10-7-2/h6-35H2,1-5H3. The fourth-order valence-electron chi connectivity index (χ4n) is 5.59. The van der Waals surface area contributed by atoms with Crippen LogP contribution >= 0.6 is 0 Å². The van der Waals surface area contributed by atoms with Crippen LogP contribution in [0.25, 0.3) is 0 Å². The summed E-state index contributed by atoms with van der Waals surface area (Å²) >= 11 is 0. The van der Waals surface area contributed by atoms with Crippen molar-refractivity contribution in [1.29, 1.82) is 0 Å². The Morgan fingerprint density at radius 2 is 0.500 bits per heavy atom. The van der Waals surface area contributed by atoms with Crippen LogP contribution in [0.5, 0.6) is 0 Å². The number of nitrogens with zero attached hydrogens (tertiary/aromatic N) is 3. The molecule has 0 saturated carbocycles. The molecule has 0 saturated heterocycles. The molecule has 38 heavy (non-hydrogen) atoms. The van der Waals surface area contributed by atoms with E-state index >= 15 is 0 Å². The minimum atomic E-state index is 1.24. The lowest BCUT2D eigenvalue weighted by molar-refractivity contribution is 0.192. The predicted octanol–water partition coefficient (Wildman–Crippen LogP) is 10.2. The molecule has 0 aromatic rings. The SMILES string of the molecule is CCCCCCCCCN(CCCCCCCC)CCN(CCCCCCCCC)CCCCCN(C)C. The summed E-state index contributed by atoms with van der Waals surface area (Å²) in [5.41, 5.74) is 0. The van der Waals surface area contributed by atoms with Crippen molar-refractivity contribution in [2.24, 2.45) is 0 Å². The Hall–Kier alpha value is -0.120. The van der Waals surface area contributed by atoms with Gasteiger partial charge in [0.05, 0.1) is 0 Å². The monoisotopic (exact) mass is 538 g/mol. The second-order valence-corrected chi connectivity index (χ2v) is 12.6. The summed E-state index contributed by atoms with van der Waals surface area (Å²) in [7, 11) is 4.41. The van der Waals surface area contributed by atoms with Gasteiger partial charge in [-0.2, -0.15) is 0 Å². The van der Waals surface area contributed by atoms with Crippen LogP contribution in [0, 0.1) is 0 Å². The molecular weight excluding hydrogens is 462 g/mol. The molecule has 0 heterocycles. The lowest BCUT2D eigenvalue weighted by Crippen LogP contribution is -2.37. The Bertz CT molecular complexity index is 425. The summed E-state index contributed by atoms with van der Waals surface area (Å²) in [6.45, 7) is 16.1. The predicted molar refractivity (Wildman–Crippen MR) is 175 cm³/mol.